The summed E-state index contributed by atoms with van der Waals surface area (Å²) in [5, 5.41) is 0. The van der Waals surface area contributed by atoms with Crippen molar-refractivity contribution in [1.29, 1.82) is 0 Å². The molecule has 0 spiro atoms. The smallest absolute Gasteiger partial charge is 0.0386 e. The minimum Gasteiger partial charge on any atom is -0.0651 e. The first-order chi connectivity index (χ1) is 14.1. The molecule has 2 rings (SSSR count). The lowest BCUT2D eigenvalue weighted by atomic mass is 9.78. The van der Waals surface area contributed by atoms with E-state index in [1.807, 2.05) is 0 Å². The van der Waals surface area contributed by atoms with E-state index in [0.717, 1.165) is 35.5 Å². The van der Waals surface area contributed by atoms with Gasteiger partial charge in [0.05, 0.1) is 0 Å². The molecule has 2 aliphatic rings. The van der Waals surface area contributed by atoms with E-state index in [9.17, 15) is 0 Å². The topological polar surface area (TPSA) is 0 Å². The monoisotopic (exact) mass is 404 g/mol. The lowest BCUT2D eigenvalue weighted by molar-refractivity contribution is 0.236. The Balaban J connectivity index is 1.94. The van der Waals surface area contributed by atoms with E-state index in [1.54, 1.807) is 19.3 Å². The zero-order valence-corrected chi connectivity index (χ0v) is 20.9. The quantitative estimate of drug-likeness (QED) is 0.413. The summed E-state index contributed by atoms with van der Waals surface area (Å²) < 4.78 is 0. The van der Waals surface area contributed by atoms with E-state index in [4.69, 9.17) is 0 Å². The second-order valence-corrected chi connectivity index (χ2v) is 11.8. The second kappa shape index (κ2) is 14.9. The van der Waals surface area contributed by atoms with Crippen LogP contribution in [0.4, 0.5) is 0 Å². The van der Waals surface area contributed by atoms with Crippen LogP contribution in [0.2, 0.25) is 0 Å². The number of rotatable bonds is 6. The van der Waals surface area contributed by atoms with Crippen LogP contribution in [0, 0.1) is 35.5 Å². The van der Waals surface area contributed by atoms with Crippen LogP contribution in [0.5, 0.6) is 0 Å². The summed E-state index contributed by atoms with van der Waals surface area (Å²) in [7, 11) is 0. The number of hydrogen-bond acceptors (Lipinski definition) is 0. The SMILES string of the molecule is CCC1CCCCCCCCCCCCC(CC(C)C)CC(CCC2CC2C)C1. The van der Waals surface area contributed by atoms with Crippen LogP contribution in [0.15, 0.2) is 0 Å². The third-order valence-corrected chi connectivity index (χ3v) is 8.41. The molecular weight excluding hydrogens is 348 g/mol. The van der Waals surface area contributed by atoms with E-state index in [1.165, 1.54) is 103 Å². The number of hydrogen-bond donors (Lipinski definition) is 0. The van der Waals surface area contributed by atoms with Crippen molar-refractivity contribution in [3.8, 4) is 0 Å². The first kappa shape index (κ1) is 25.3. The minimum absolute atomic E-state index is 0.875. The van der Waals surface area contributed by atoms with Crippen LogP contribution < -0.4 is 0 Å². The van der Waals surface area contributed by atoms with Gasteiger partial charge in [-0.25, -0.2) is 0 Å². The molecule has 2 fully saturated rings. The van der Waals surface area contributed by atoms with Crippen LogP contribution in [0.3, 0.4) is 0 Å². The van der Waals surface area contributed by atoms with Crippen molar-refractivity contribution in [2.45, 2.75) is 150 Å². The fourth-order valence-electron chi connectivity index (χ4n) is 6.29. The standard InChI is InChI=1S/C29H56/c1-5-26-16-14-12-10-8-6-7-9-11-13-15-17-27(20-24(2)3)23-28(22-26)18-19-29-21-25(29)4/h24-29H,5-23H2,1-4H3. The molecule has 0 nitrogen and oxygen atoms in total. The highest BCUT2D eigenvalue weighted by atomic mass is 14.4. The van der Waals surface area contributed by atoms with Crippen molar-refractivity contribution in [3.05, 3.63) is 0 Å². The molecule has 0 N–H and O–H groups in total. The van der Waals surface area contributed by atoms with Gasteiger partial charge in [0.25, 0.3) is 0 Å². The zero-order chi connectivity index (χ0) is 20.9. The van der Waals surface area contributed by atoms with Gasteiger partial charge in [0.2, 0.25) is 0 Å². The molecule has 172 valence electrons. The Morgan fingerprint density at radius 2 is 1.10 bits per heavy atom. The van der Waals surface area contributed by atoms with Gasteiger partial charge in [-0.1, -0.05) is 118 Å². The van der Waals surface area contributed by atoms with Gasteiger partial charge in [0.1, 0.15) is 0 Å². The van der Waals surface area contributed by atoms with Crippen LogP contribution in [0.25, 0.3) is 0 Å². The summed E-state index contributed by atoms with van der Waals surface area (Å²) in [6, 6.07) is 0. The second-order valence-electron chi connectivity index (χ2n) is 11.8. The summed E-state index contributed by atoms with van der Waals surface area (Å²) in [5.41, 5.74) is 0. The molecule has 0 aromatic carbocycles. The van der Waals surface area contributed by atoms with E-state index in [2.05, 4.69) is 27.7 Å². The minimum atomic E-state index is 0.875. The molecular formula is C29H56. The van der Waals surface area contributed by atoms with Gasteiger partial charge >= 0.3 is 0 Å². The van der Waals surface area contributed by atoms with Crippen molar-refractivity contribution >= 4 is 0 Å². The Labute approximate surface area is 185 Å². The van der Waals surface area contributed by atoms with Gasteiger partial charge in [0, 0.05) is 0 Å². The first-order valence-electron chi connectivity index (χ1n) is 14.1. The maximum Gasteiger partial charge on any atom is -0.0386 e. The van der Waals surface area contributed by atoms with Crippen molar-refractivity contribution in [3.63, 3.8) is 0 Å². The highest BCUT2D eigenvalue weighted by Gasteiger charge is 2.33. The largest absolute Gasteiger partial charge is 0.0651 e. The summed E-state index contributed by atoms with van der Waals surface area (Å²) in [6.07, 6.45) is 28.6. The van der Waals surface area contributed by atoms with Gasteiger partial charge < -0.3 is 0 Å². The van der Waals surface area contributed by atoms with Crippen LogP contribution in [0.1, 0.15) is 150 Å². The molecule has 2 saturated carbocycles. The highest BCUT2D eigenvalue weighted by molar-refractivity contribution is 4.83. The average molecular weight is 405 g/mol. The van der Waals surface area contributed by atoms with Gasteiger partial charge in [0.15, 0.2) is 0 Å². The van der Waals surface area contributed by atoms with Crippen LogP contribution in [-0.4, -0.2) is 0 Å². The molecule has 0 heteroatoms. The van der Waals surface area contributed by atoms with Crippen molar-refractivity contribution in [2.24, 2.45) is 35.5 Å². The predicted molar refractivity (Wildman–Crippen MR) is 131 cm³/mol. The summed E-state index contributed by atoms with van der Waals surface area (Å²) in [4.78, 5) is 0. The Morgan fingerprint density at radius 1 is 0.621 bits per heavy atom. The fourth-order valence-corrected chi connectivity index (χ4v) is 6.29. The summed E-state index contributed by atoms with van der Waals surface area (Å²) in [5.74, 6) is 6.03. The Morgan fingerprint density at radius 3 is 1.59 bits per heavy atom. The van der Waals surface area contributed by atoms with E-state index < -0.39 is 0 Å². The van der Waals surface area contributed by atoms with Crippen molar-refractivity contribution in [2.75, 3.05) is 0 Å². The predicted octanol–water partition coefficient (Wildman–Crippen LogP) is 10.2. The molecule has 0 bridgehead atoms. The fraction of sp³-hybridized carbons (Fsp3) is 1.00. The summed E-state index contributed by atoms with van der Waals surface area (Å²) >= 11 is 0. The average Bonchev–Trinajstić information content (AvgIpc) is 3.39. The van der Waals surface area contributed by atoms with Gasteiger partial charge in [-0.2, -0.15) is 0 Å². The highest BCUT2D eigenvalue weighted by Crippen LogP contribution is 2.43. The lowest BCUT2D eigenvalue weighted by Gasteiger charge is -2.28. The lowest BCUT2D eigenvalue weighted by Crippen LogP contribution is -2.16. The van der Waals surface area contributed by atoms with Gasteiger partial charge in [-0.3, -0.25) is 0 Å². The summed E-state index contributed by atoms with van der Waals surface area (Å²) in [6.45, 7) is 9.86. The Bertz CT molecular complexity index is 383. The Hall–Kier alpha value is 0. The molecule has 0 saturated heterocycles. The molecule has 0 aromatic rings. The maximum absolute atomic E-state index is 2.47. The van der Waals surface area contributed by atoms with Gasteiger partial charge in [-0.15, -0.1) is 0 Å². The first-order valence-corrected chi connectivity index (χ1v) is 14.1. The van der Waals surface area contributed by atoms with E-state index in [-0.39, 0.29) is 0 Å². The molecule has 0 heterocycles. The van der Waals surface area contributed by atoms with Crippen LogP contribution in [-0.2, 0) is 0 Å². The van der Waals surface area contributed by atoms with Crippen molar-refractivity contribution in [1.82, 2.24) is 0 Å². The molecule has 0 aromatic heterocycles. The van der Waals surface area contributed by atoms with E-state index in [0.29, 0.717) is 0 Å². The third kappa shape index (κ3) is 11.8. The molecule has 0 amide bonds. The molecule has 29 heavy (non-hydrogen) atoms. The molecule has 0 radical (unpaired) electrons. The van der Waals surface area contributed by atoms with Gasteiger partial charge in [-0.05, 0) is 67.6 Å². The maximum atomic E-state index is 2.47. The van der Waals surface area contributed by atoms with Crippen molar-refractivity contribution < 1.29 is 0 Å². The van der Waals surface area contributed by atoms with E-state index >= 15 is 0 Å². The zero-order valence-electron chi connectivity index (χ0n) is 20.9. The molecule has 2 aliphatic carbocycles. The molecule has 5 unspecified atom stereocenters. The molecule has 5 atom stereocenters. The van der Waals surface area contributed by atoms with Crippen LogP contribution >= 0.6 is 0 Å². The molecule has 0 aliphatic heterocycles. The Kier molecular flexibility index (Phi) is 13.0. The normalized spacial score (nSPS) is 34.0. The third-order valence-electron chi connectivity index (χ3n) is 8.41.